The molecule has 0 fully saturated rings. The van der Waals surface area contributed by atoms with Crippen molar-refractivity contribution in [3.63, 3.8) is 0 Å². The summed E-state index contributed by atoms with van der Waals surface area (Å²) in [5, 5.41) is 10.4. The highest BCUT2D eigenvalue weighted by Crippen LogP contribution is 2.36. The van der Waals surface area contributed by atoms with Crippen molar-refractivity contribution < 1.29 is 18.3 Å². The maximum absolute atomic E-state index is 13.6. The van der Waals surface area contributed by atoms with Crippen LogP contribution in [0.25, 0.3) is 22.3 Å². The predicted octanol–water partition coefficient (Wildman–Crippen LogP) is 7.52. The van der Waals surface area contributed by atoms with Crippen molar-refractivity contribution >= 4 is 9.84 Å². The first-order valence-corrected chi connectivity index (χ1v) is 13.4. The third kappa shape index (κ3) is 5.75. The summed E-state index contributed by atoms with van der Waals surface area (Å²) in [4.78, 5) is 0.306. The lowest BCUT2D eigenvalue weighted by Crippen LogP contribution is -2.04. The monoisotopic (exact) mass is 486 g/mol. The molecule has 0 amide bonds. The number of phenols is 1. The number of aromatic hydroxyl groups is 1. The third-order valence-electron chi connectivity index (χ3n) is 5.96. The Balaban J connectivity index is 1.71. The molecule has 0 aliphatic rings. The summed E-state index contributed by atoms with van der Waals surface area (Å²) < 4.78 is 33.3. The van der Waals surface area contributed by atoms with Gasteiger partial charge in [-0.05, 0) is 53.9 Å². The molecule has 4 rings (SSSR count). The van der Waals surface area contributed by atoms with Crippen LogP contribution in [-0.4, -0.2) is 20.1 Å². The molecule has 5 heteroatoms. The van der Waals surface area contributed by atoms with Gasteiger partial charge in [0, 0.05) is 11.1 Å². The molecule has 0 unspecified atom stereocenters. The zero-order chi connectivity index (χ0) is 24.7. The summed E-state index contributed by atoms with van der Waals surface area (Å²) in [6.45, 7) is 2.76. The van der Waals surface area contributed by atoms with Gasteiger partial charge in [-0.3, -0.25) is 0 Å². The van der Waals surface area contributed by atoms with Crippen molar-refractivity contribution in [2.45, 2.75) is 42.4 Å². The van der Waals surface area contributed by atoms with Crippen LogP contribution in [0.1, 0.15) is 32.6 Å². The van der Waals surface area contributed by atoms with E-state index in [9.17, 15) is 13.5 Å². The molecule has 0 aliphatic heterocycles. The second-order valence-electron chi connectivity index (χ2n) is 8.48. The molecule has 0 bridgehead atoms. The maximum Gasteiger partial charge on any atom is 0.206 e. The van der Waals surface area contributed by atoms with Crippen LogP contribution in [-0.2, 0) is 9.84 Å². The normalized spacial score (nSPS) is 11.3. The molecule has 0 spiro atoms. The van der Waals surface area contributed by atoms with Gasteiger partial charge in [0.05, 0.1) is 16.4 Å². The Hall–Kier alpha value is -3.57. The standard InChI is InChI=1S/C30H30O4S/c1-2-3-4-11-20-34-30-19-17-26(22-28(30)24-14-9-6-10-15-24)35(32,33)25-16-18-29(31)27(21-25)23-12-7-5-8-13-23/h5-10,12-19,21-22,31H,2-4,11,20H2,1H3. The van der Waals surface area contributed by atoms with E-state index in [0.29, 0.717) is 17.9 Å². The van der Waals surface area contributed by atoms with Crippen LogP contribution in [0.15, 0.2) is 107 Å². The van der Waals surface area contributed by atoms with Gasteiger partial charge in [-0.1, -0.05) is 86.8 Å². The van der Waals surface area contributed by atoms with E-state index >= 15 is 0 Å². The van der Waals surface area contributed by atoms with Gasteiger partial charge in [0.2, 0.25) is 9.84 Å². The van der Waals surface area contributed by atoms with Crippen LogP contribution in [0.4, 0.5) is 0 Å². The summed E-state index contributed by atoms with van der Waals surface area (Å²) in [6, 6.07) is 28.3. The number of rotatable bonds is 10. The lowest BCUT2D eigenvalue weighted by Gasteiger charge is -2.15. The Kier molecular flexibility index (Phi) is 7.88. The van der Waals surface area contributed by atoms with Crippen molar-refractivity contribution in [2.75, 3.05) is 6.61 Å². The lowest BCUT2D eigenvalue weighted by atomic mass is 10.0. The maximum atomic E-state index is 13.6. The zero-order valence-corrected chi connectivity index (χ0v) is 20.7. The Labute approximate surface area is 207 Å². The zero-order valence-electron chi connectivity index (χ0n) is 19.9. The molecular formula is C30H30O4S. The SMILES string of the molecule is CCCCCCOc1ccc(S(=O)(=O)c2ccc(O)c(-c3ccccc3)c2)cc1-c1ccccc1. The summed E-state index contributed by atoms with van der Waals surface area (Å²) in [7, 11) is -3.83. The van der Waals surface area contributed by atoms with E-state index in [0.717, 1.165) is 36.0 Å². The lowest BCUT2D eigenvalue weighted by molar-refractivity contribution is 0.306. The summed E-state index contributed by atoms with van der Waals surface area (Å²) in [6.07, 6.45) is 4.39. The largest absolute Gasteiger partial charge is 0.507 e. The third-order valence-corrected chi connectivity index (χ3v) is 7.71. The van der Waals surface area contributed by atoms with Gasteiger partial charge in [0.25, 0.3) is 0 Å². The Morgan fingerprint density at radius 3 is 1.89 bits per heavy atom. The minimum absolute atomic E-state index is 0.0342. The Morgan fingerprint density at radius 2 is 1.26 bits per heavy atom. The van der Waals surface area contributed by atoms with E-state index in [1.807, 2.05) is 60.7 Å². The van der Waals surface area contributed by atoms with E-state index in [-0.39, 0.29) is 15.5 Å². The fraction of sp³-hybridized carbons (Fsp3) is 0.200. The molecule has 0 saturated carbocycles. The summed E-state index contributed by atoms with van der Waals surface area (Å²) in [5.74, 6) is 0.703. The second-order valence-corrected chi connectivity index (χ2v) is 10.4. The first-order valence-electron chi connectivity index (χ1n) is 12.0. The van der Waals surface area contributed by atoms with Gasteiger partial charge in [-0.25, -0.2) is 8.42 Å². The van der Waals surface area contributed by atoms with Crippen LogP contribution in [0.5, 0.6) is 11.5 Å². The minimum atomic E-state index is -3.83. The molecule has 0 aromatic heterocycles. The summed E-state index contributed by atoms with van der Waals surface area (Å²) >= 11 is 0. The van der Waals surface area contributed by atoms with E-state index in [4.69, 9.17) is 4.74 Å². The highest BCUT2D eigenvalue weighted by Gasteiger charge is 2.22. The van der Waals surface area contributed by atoms with E-state index in [2.05, 4.69) is 6.92 Å². The first-order chi connectivity index (χ1) is 17.0. The van der Waals surface area contributed by atoms with E-state index in [1.54, 1.807) is 18.2 Å². The minimum Gasteiger partial charge on any atom is -0.507 e. The molecule has 0 heterocycles. The average molecular weight is 487 g/mol. The predicted molar refractivity (Wildman–Crippen MR) is 141 cm³/mol. The molecule has 4 nitrogen and oxygen atoms in total. The number of hydrogen-bond acceptors (Lipinski definition) is 4. The molecular weight excluding hydrogens is 456 g/mol. The van der Waals surface area contributed by atoms with Crippen molar-refractivity contribution in [2.24, 2.45) is 0 Å². The van der Waals surface area contributed by atoms with Crippen LogP contribution in [0, 0.1) is 0 Å². The van der Waals surface area contributed by atoms with E-state index < -0.39 is 9.84 Å². The number of unbranched alkanes of at least 4 members (excludes halogenated alkanes) is 3. The van der Waals surface area contributed by atoms with Gasteiger partial charge < -0.3 is 9.84 Å². The van der Waals surface area contributed by atoms with Crippen LogP contribution < -0.4 is 4.74 Å². The molecule has 0 atom stereocenters. The highest BCUT2D eigenvalue weighted by atomic mass is 32.2. The van der Waals surface area contributed by atoms with Gasteiger partial charge in [0.1, 0.15) is 11.5 Å². The van der Waals surface area contributed by atoms with Crippen LogP contribution in [0.3, 0.4) is 0 Å². The number of sulfone groups is 1. The van der Waals surface area contributed by atoms with Crippen LogP contribution >= 0.6 is 0 Å². The number of phenolic OH excluding ortho intramolecular Hbond substituents is 1. The number of ether oxygens (including phenoxy) is 1. The molecule has 180 valence electrons. The van der Waals surface area contributed by atoms with E-state index in [1.165, 1.54) is 24.6 Å². The molecule has 4 aromatic rings. The van der Waals surface area contributed by atoms with Crippen molar-refractivity contribution in [1.82, 2.24) is 0 Å². The Bertz CT molecular complexity index is 1360. The average Bonchev–Trinajstić information content (AvgIpc) is 2.89. The van der Waals surface area contributed by atoms with Crippen molar-refractivity contribution in [3.8, 4) is 33.8 Å². The molecule has 0 radical (unpaired) electrons. The molecule has 4 aromatic carbocycles. The highest BCUT2D eigenvalue weighted by molar-refractivity contribution is 7.91. The quantitative estimate of drug-likeness (QED) is 0.236. The fourth-order valence-electron chi connectivity index (χ4n) is 4.02. The smallest absolute Gasteiger partial charge is 0.206 e. The van der Waals surface area contributed by atoms with Gasteiger partial charge in [0.15, 0.2) is 0 Å². The molecule has 35 heavy (non-hydrogen) atoms. The second kappa shape index (κ2) is 11.2. The van der Waals surface area contributed by atoms with Crippen molar-refractivity contribution in [1.29, 1.82) is 0 Å². The number of benzene rings is 4. The van der Waals surface area contributed by atoms with Crippen molar-refractivity contribution in [3.05, 3.63) is 97.1 Å². The summed E-state index contributed by atoms with van der Waals surface area (Å²) in [5.41, 5.74) is 2.86. The van der Waals surface area contributed by atoms with Gasteiger partial charge >= 0.3 is 0 Å². The Morgan fingerprint density at radius 1 is 0.686 bits per heavy atom. The molecule has 1 N–H and O–H groups in total. The van der Waals surface area contributed by atoms with Gasteiger partial charge in [-0.2, -0.15) is 0 Å². The number of hydrogen-bond donors (Lipinski definition) is 1. The topological polar surface area (TPSA) is 63.6 Å². The van der Waals surface area contributed by atoms with Crippen LogP contribution in [0.2, 0.25) is 0 Å². The fourth-order valence-corrected chi connectivity index (χ4v) is 5.34. The first kappa shape index (κ1) is 24.6. The van der Waals surface area contributed by atoms with Gasteiger partial charge in [-0.15, -0.1) is 0 Å². The molecule has 0 saturated heterocycles. The molecule has 0 aliphatic carbocycles.